The van der Waals surface area contributed by atoms with Gasteiger partial charge >= 0.3 is 6.09 Å². The van der Waals surface area contributed by atoms with E-state index in [0.29, 0.717) is 25.7 Å². The predicted molar refractivity (Wildman–Crippen MR) is 118 cm³/mol. The van der Waals surface area contributed by atoms with Gasteiger partial charge in [0.1, 0.15) is 12.4 Å². The number of hydrogen-bond donors (Lipinski definition) is 1. The van der Waals surface area contributed by atoms with Gasteiger partial charge < -0.3 is 14.7 Å². The van der Waals surface area contributed by atoms with Gasteiger partial charge in [0.25, 0.3) is 0 Å². The van der Waals surface area contributed by atoms with Crippen molar-refractivity contribution in [1.82, 2.24) is 9.80 Å². The van der Waals surface area contributed by atoms with E-state index in [2.05, 4.69) is 11.0 Å². The summed E-state index contributed by atoms with van der Waals surface area (Å²) >= 11 is 0. The second-order valence-corrected chi connectivity index (χ2v) is 8.53. The van der Waals surface area contributed by atoms with E-state index < -0.39 is 11.5 Å². The summed E-state index contributed by atoms with van der Waals surface area (Å²) in [4.78, 5) is 15.0. The molecule has 0 spiro atoms. The summed E-state index contributed by atoms with van der Waals surface area (Å²) < 4.78 is 5.99. The fourth-order valence-electron chi connectivity index (χ4n) is 4.83. The second-order valence-electron chi connectivity index (χ2n) is 8.53. The summed E-state index contributed by atoms with van der Waals surface area (Å²) in [7, 11) is 0. The van der Waals surface area contributed by atoms with Crippen LogP contribution >= 0.6 is 0 Å². The van der Waals surface area contributed by atoms with Gasteiger partial charge in [0.05, 0.1) is 11.5 Å². The number of piperazine rings is 1. The molecule has 0 bridgehead atoms. The summed E-state index contributed by atoms with van der Waals surface area (Å²) in [5.41, 5.74) is 1.67. The maximum Gasteiger partial charge on any atom is 0.407 e. The molecule has 6 heteroatoms. The van der Waals surface area contributed by atoms with Crippen molar-refractivity contribution in [1.29, 1.82) is 5.26 Å². The van der Waals surface area contributed by atoms with Gasteiger partial charge in [-0.15, -0.1) is 0 Å². The van der Waals surface area contributed by atoms with Crippen molar-refractivity contribution in [2.24, 2.45) is 0 Å². The van der Waals surface area contributed by atoms with E-state index in [1.54, 1.807) is 0 Å². The Kier molecular flexibility index (Phi) is 6.43. The quantitative estimate of drug-likeness (QED) is 0.783. The Hall–Kier alpha value is -3.04. The summed E-state index contributed by atoms with van der Waals surface area (Å²) in [6.45, 7) is 3.19. The van der Waals surface area contributed by atoms with Crippen molar-refractivity contribution in [2.75, 3.05) is 26.2 Å². The van der Waals surface area contributed by atoms with Crippen LogP contribution < -0.4 is 4.74 Å². The summed E-state index contributed by atoms with van der Waals surface area (Å²) in [5.74, 6) is 0.794. The summed E-state index contributed by atoms with van der Waals surface area (Å²) in [6, 6.07) is 21.1. The van der Waals surface area contributed by atoms with E-state index in [-0.39, 0.29) is 0 Å². The van der Waals surface area contributed by atoms with Crippen molar-refractivity contribution in [3.63, 3.8) is 0 Å². The Morgan fingerprint density at radius 2 is 1.77 bits per heavy atom. The maximum absolute atomic E-state index is 11.1. The first-order valence-corrected chi connectivity index (χ1v) is 11.0. The third-order valence-electron chi connectivity index (χ3n) is 6.76. The Balaban J connectivity index is 1.38. The number of ether oxygens (including phenoxy) is 1. The van der Waals surface area contributed by atoms with Crippen LogP contribution in [0.25, 0.3) is 0 Å². The number of nitriles is 1. The van der Waals surface area contributed by atoms with Gasteiger partial charge in [-0.2, -0.15) is 5.26 Å². The van der Waals surface area contributed by atoms with Crippen LogP contribution in [-0.2, 0) is 12.0 Å². The lowest BCUT2D eigenvalue weighted by Gasteiger charge is -2.43. The highest BCUT2D eigenvalue weighted by Crippen LogP contribution is 2.41. The standard InChI is InChI=1S/C25H29N3O3/c26-19-25(11-9-22(10-12-25)27-13-15-28(16-14-27)24(29)30)21-7-4-8-23(17-21)31-18-20-5-2-1-3-6-20/h1-8,17,22H,9-16,18H2,(H,29,30). The van der Waals surface area contributed by atoms with Gasteiger partial charge in [-0.3, -0.25) is 4.90 Å². The Morgan fingerprint density at radius 3 is 2.42 bits per heavy atom. The molecule has 1 saturated carbocycles. The van der Waals surface area contributed by atoms with E-state index in [1.807, 2.05) is 54.6 Å². The highest BCUT2D eigenvalue weighted by molar-refractivity contribution is 5.65. The van der Waals surface area contributed by atoms with Crippen molar-refractivity contribution >= 4 is 6.09 Å². The van der Waals surface area contributed by atoms with Crippen LogP contribution in [0, 0.1) is 11.3 Å². The Labute approximate surface area is 183 Å². The molecule has 0 unspecified atom stereocenters. The van der Waals surface area contributed by atoms with E-state index in [0.717, 1.165) is 55.6 Å². The fourth-order valence-corrected chi connectivity index (χ4v) is 4.83. The average Bonchev–Trinajstić information content (AvgIpc) is 2.84. The third-order valence-corrected chi connectivity index (χ3v) is 6.76. The monoisotopic (exact) mass is 419 g/mol. The SMILES string of the molecule is N#CC1(c2cccc(OCc3ccccc3)c2)CCC(N2CCN(C(=O)O)CC2)CC1. The molecule has 2 aliphatic rings. The molecule has 162 valence electrons. The Morgan fingerprint density at radius 1 is 1.06 bits per heavy atom. The largest absolute Gasteiger partial charge is 0.489 e. The number of benzene rings is 2. The molecule has 2 aromatic rings. The zero-order chi connectivity index (χ0) is 21.7. The topological polar surface area (TPSA) is 76.8 Å². The molecule has 4 rings (SSSR count). The zero-order valence-corrected chi connectivity index (χ0v) is 17.7. The van der Waals surface area contributed by atoms with E-state index >= 15 is 0 Å². The number of hydrogen-bond acceptors (Lipinski definition) is 4. The molecule has 6 nitrogen and oxygen atoms in total. The maximum atomic E-state index is 11.1. The lowest BCUT2D eigenvalue weighted by Crippen LogP contribution is -2.53. The second kappa shape index (κ2) is 9.40. The summed E-state index contributed by atoms with van der Waals surface area (Å²) in [6.07, 6.45) is 2.71. The minimum Gasteiger partial charge on any atom is -0.489 e. The van der Waals surface area contributed by atoms with Crippen LogP contribution in [0.2, 0.25) is 0 Å². The lowest BCUT2D eigenvalue weighted by molar-refractivity contribution is 0.0672. The molecule has 1 N–H and O–H groups in total. The number of carboxylic acid groups (broad SMARTS) is 1. The molecule has 2 fully saturated rings. The van der Waals surface area contributed by atoms with Crippen LogP contribution in [-0.4, -0.2) is 53.2 Å². The molecule has 1 heterocycles. The number of rotatable bonds is 5. The molecule has 0 atom stereocenters. The minimum atomic E-state index is -0.832. The first-order chi connectivity index (χ1) is 15.1. The normalized spacial score (nSPS) is 24.4. The smallest absolute Gasteiger partial charge is 0.407 e. The highest BCUT2D eigenvalue weighted by Gasteiger charge is 2.39. The van der Waals surface area contributed by atoms with Crippen molar-refractivity contribution < 1.29 is 14.6 Å². The predicted octanol–water partition coefficient (Wildman–Crippen LogP) is 4.27. The van der Waals surface area contributed by atoms with E-state index in [1.165, 1.54) is 4.90 Å². The molecule has 31 heavy (non-hydrogen) atoms. The highest BCUT2D eigenvalue weighted by atomic mass is 16.5. The third kappa shape index (κ3) is 4.83. The molecule has 1 amide bonds. The van der Waals surface area contributed by atoms with Crippen LogP contribution in [0.5, 0.6) is 5.75 Å². The van der Waals surface area contributed by atoms with Gasteiger partial charge in [0, 0.05) is 32.2 Å². The van der Waals surface area contributed by atoms with Gasteiger partial charge in [-0.25, -0.2) is 4.79 Å². The summed E-state index contributed by atoms with van der Waals surface area (Å²) in [5, 5.41) is 19.3. The molecule has 1 aliphatic carbocycles. The molecule has 1 saturated heterocycles. The number of carbonyl (C=O) groups is 1. The Bertz CT molecular complexity index is 925. The van der Waals surface area contributed by atoms with Crippen LogP contribution in [0.15, 0.2) is 54.6 Å². The van der Waals surface area contributed by atoms with Crippen molar-refractivity contribution in [2.45, 2.75) is 43.7 Å². The van der Waals surface area contributed by atoms with Gasteiger partial charge in [-0.05, 0) is 48.9 Å². The zero-order valence-electron chi connectivity index (χ0n) is 17.7. The fraction of sp³-hybridized carbons (Fsp3) is 0.440. The van der Waals surface area contributed by atoms with Crippen molar-refractivity contribution in [3.05, 3.63) is 65.7 Å². The molecule has 1 aliphatic heterocycles. The van der Waals surface area contributed by atoms with Gasteiger partial charge in [0.2, 0.25) is 0 Å². The first-order valence-electron chi connectivity index (χ1n) is 11.0. The average molecular weight is 420 g/mol. The first kappa shape index (κ1) is 21.2. The molecule has 2 aromatic carbocycles. The minimum absolute atomic E-state index is 0.426. The van der Waals surface area contributed by atoms with Crippen LogP contribution in [0.3, 0.4) is 0 Å². The van der Waals surface area contributed by atoms with Crippen molar-refractivity contribution in [3.8, 4) is 11.8 Å². The van der Waals surface area contributed by atoms with Gasteiger partial charge in [-0.1, -0.05) is 42.5 Å². The number of amides is 1. The number of nitrogens with zero attached hydrogens (tertiary/aromatic N) is 3. The molecular formula is C25H29N3O3. The van der Waals surface area contributed by atoms with Crippen LogP contribution in [0.4, 0.5) is 4.79 Å². The molecular weight excluding hydrogens is 390 g/mol. The molecule has 0 radical (unpaired) electrons. The van der Waals surface area contributed by atoms with Crippen LogP contribution in [0.1, 0.15) is 36.8 Å². The van der Waals surface area contributed by atoms with Gasteiger partial charge in [0.15, 0.2) is 0 Å². The van der Waals surface area contributed by atoms with E-state index in [4.69, 9.17) is 9.84 Å². The molecule has 0 aromatic heterocycles. The van der Waals surface area contributed by atoms with E-state index in [9.17, 15) is 10.1 Å². The lowest BCUT2D eigenvalue weighted by atomic mass is 9.69.